The zero-order chi connectivity index (χ0) is 11.4. The van der Waals surface area contributed by atoms with E-state index in [1.165, 1.54) is 25.7 Å². The van der Waals surface area contributed by atoms with E-state index in [0.717, 1.165) is 18.2 Å². The molecule has 0 atom stereocenters. The number of hydrogen-bond acceptors (Lipinski definition) is 4. The summed E-state index contributed by atoms with van der Waals surface area (Å²) in [5, 5.41) is 3.04. The Morgan fingerprint density at radius 1 is 1.38 bits per heavy atom. The van der Waals surface area contributed by atoms with Crippen molar-refractivity contribution in [3.05, 3.63) is 12.4 Å². The third kappa shape index (κ3) is 2.26. The van der Waals surface area contributed by atoms with Crippen LogP contribution < -0.4 is 10.2 Å². The summed E-state index contributed by atoms with van der Waals surface area (Å²) in [6.45, 7) is 3.19. The minimum Gasteiger partial charge on any atom is -0.372 e. The Morgan fingerprint density at radius 2 is 2.12 bits per heavy atom. The van der Waals surface area contributed by atoms with E-state index in [4.69, 9.17) is 0 Å². The molecule has 0 bridgehead atoms. The van der Waals surface area contributed by atoms with Gasteiger partial charge in [-0.1, -0.05) is 12.8 Å². The summed E-state index contributed by atoms with van der Waals surface area (Å²) in [7, 11) is 1.87. The topological polar surface area (TPSA) is 41.1 Å². The highest BCUT2D eigenvalue weighted by Gasteiger charge is 2.22. The van der Waals surface area contributed by atoms with Crippen molar-refractivity contribution in [2.45, 2.75) is 38.6 Å². The molecule has 16 heavy (non-hydrogen) atoms. The number of rotatable bonds is 4. The van der Waals surface area contributed by atoms with Gasteiger partial charge in [-0.25, -0.2) is 4.98 Å². The van der Waals surface area contributed by atoms with Gasteiger partial charge < -0.3 is 10.2 Å². The van der Waals surface area contributed by atoms with Gasteiger partial charge in [0.05, 0.1) is 12.4 Å². The van der Waals surface area contributed by atoms with Crippen molar-refractivity contribution >= 4 is 11.6 Å². The first-order valence-electron chi connectivity index (χ1n) is 6.11. The number of nitrogens with one attached hydrogen (secondary N) is 1. The minimum absolute atomic E-state index is 0.659. The first-order chi connectivity index (χ1) is 7.85. The molecule has 0 aliphatic heterocycles. The third-order valence-electron chi connectivity index (χ3n) is 3.28. The van der Waals surface area contributed by atoms with Crippen LogP contribution >= 0.6 is 0 Å². The van der Waals surface area contributed by atoms with Gasteiger partial charge in [-0.15, -0.1) is 0 Å². The Hall–Kier alpha value is -1.32. The predicted octanol–water partition coefficient (Wildman–Crippen LogP) is 2.29. The molecule has 1 aliphatic rings. The molecule has 1 heterocycles. The molecule has 0 amide bonds. The summed E-state index contributed by atoms with van der Waals surface area (Å²) in [5.41, 5.74) is 0. The Bertz CT molecular complexity index is 334. The Balaban J connectivity index is 2.18. The molecule has 1 fully saturated rings. The Labute approximate surface area is 97.1 Å². The van der Waals surface area contributed by atoms with Gasteiger partial charge in [0.15, 0.2) is 0 Å². The maximum absolute atomic E-state index is 4.56. The Kier molecular flexibility index (Phi) is 3.59. The first kappa shape index (κ1) is 11.2. The standard InChI is InChI=1S/C12H20N4/c1-3-16(10-6-4-5-7-10)12-9-14-8-11(13-2)15-12/h8-10H,3-7H2,1-2H3,(H,13,15). The van der Waals surface area contributed by atoms with E-state index in [1.807, 2.05) is 13.2 Å². The molecular formula is C12H20N4. The van der Waals surface area contributed by atoms with Crippen molar-refractivity contribution in [2.24, 2.45) is 0 Å². The fraction of sp³-hybridized carbons (Fsp3) is 0.667. The lowest BCUT2D eigenvalue weighted by molar-refractivity contribution is 0.612. The summed E-state index contributed by atoms with van der Waals surface area (Å²) in [4.78, 5) is 11.2. The van der Waals surface area contributed by atoms with Crippen LogP contribution in [0.2, 0.25) is 0 Å². The van der Waals surface area contributed by atoms with E-state index in [0.29, 0.717) is 6.04 Å². The zero-order valence-electron chi connectivity index (χ0n) is 10.1. The fourth-order valence-electron chi connectivity index (χ4n) is 2.44. The lowest BCUT2D eigenvalue weighted by atomic mass is 10.2. The number of nitrogens with zero attached hydrogens (tertiary/aromatic N) is 3. The normalized spacial score (nSPS) is 16.4. The van der Waals surface area contributed by atoms with Crippen LogP contribution in [0.25, 0.3) is 0 Å². The van der Waals surface area contributed by atoms with E-state index < -0.39 is 0 Å². The van der Waals surface area contributed by atoms with Crippen LogP contribution in [-0.2, 0) is 0 Å². The van der Waals surface area contributed by atoms with Crippen molar-refractivity contribution in [3.63, 3.8) is 0 Å². The van der Waals surface area contributed by atoms with Gasteiger partial charge >= 0.3 is 0 Å². The second kappa shape index (κ2) is 5.14. The highest BCUT2D eigenvalue weighted by atomic mass is 15.2. The first-order valence-corrected chi connectivity index (χ1v) is 6.11. The van der Waals surface area contributed by atoms with Crippen LogP contribution in [-0.4, -0.2) is 29.6 Å². The van der Waals surface area contributed by atoms with Gasteiger partial charge in [0.1, 0.15) is 11.6 Å². The highest BCUT2D eigenvalue weighted by molar-refractivity contribution is 5.44. The summed E-state index contributed by atoms with van der Waals surface area (Å²) < 4.78 is 0. The van der Waals surface area contributed by atoms with Crippen LogP contribution in [0.5, 0.6) is 0 Å². The number of aromatic nitrogens is 2. The van der Waals surface area contributed by atoms with E-state index in [2.05, 4.69) is 27.1 Å². The minimum atomic E-state index is 0.659. The van der Waals surface area contributed by atoms with E-state index >= 15 is 0 Å². The average molecular weight is 220 g/mol. The molecule has 88 valence electrons. The second-order valence-electron chi connectivity index (χ2n) is 4.24. The molecule has 0 saturated heterocycles. The van der Waals surface area contributed by atoms with Gasteiger partial charge in [0, 0.05) is 19.6 Å². The van der Waals surface area contributed by atoms with Gasteiger partial charge in [-0.05, 0) is 19.8 Å². The fourth-order valence-corrected chi connectivity index (χ4v) is 2.44. The maximum atomic E-state index is 4.56. The lowest BCUT2D eigenvalue weighted by Crippen LogP contribution is -2.33. The maximum Gasteiger partial charge on any atom is 0.149 e. The third-order valence-corrected chi connectivity index (χ3v) is 3.28. The average Bonchev–Trinajstić information content (AvgIpc) is 2.84. The van der Waals surface area contributed by atoms with Crippen LogP contribution in [0, 0.1) is 0 Å². The monoisotopic (exact) mass is 220 g/mol. The van der Waals surface area contributed by atoms with Crippen LogP contribution in [0.4, 0.5) is 11.6 Å². The molecule has 0 spiro atoms. The molecule has 1 aromatic heterocycles. The zero-order valence-corrected chi connectivity index (χ0v) is 10.1. The summed E-state index contributed by atoms with van der Waals surface area (Å²) >= 11 is 0. The number of hydrogen-bond donors (Lipinski definition) is 1. The van der Waals surface area contributed by atoms with Gasteiger partial charge in [-0.3, -0.25) is 4.98 Å². The molecule has 4 nitrogen and oxygen atoms in total. The Morgan fingerprint density at radius 3 is 2.75 bits per heavy atom. The molecular weight excluding hydrogens is 200 g/mol. The molecule has 1 N–H and O–H groups in total. The molecule has 1 aromatic rings. The van der Waals surface area contributed by atoms with Crippen molar-refractivity contribution in [3.8, 4) is 0 Å². The van der Waals surface area contributed by atoms with E-state index in [1.54, 1.807) is 6.20 Å². The van der Waals surface area contributed by atoms with Gasteiger partial charge in [0.25, 0.3) is 0 Å². The lowest BCUT2D eigenvalue weighted by Gasteiger charge is -2.28. The van der Waals surface area contributed by atoms with E-state index in [-0.39, 0.29) is 0 Å². The van der Waals surface area contributed by atoms with Crippen LogP contribution in [0.15, 0.2) is 12.4 Å². The summed E-state index contributed by atoms with van der Waals surface area (Å²) in [6, 6.07) is 0.659. The van der Waals surface area contributed by atoms with Crippen molar-refractivity contribution < 1.29 is 0 Å². The van der Waals surface area contributed by atoms with Crippen molar-refractivity contribution in [2.75, 3.05) is 23.8 Å². The van der Waals surface area contributed by atoms with Crippen LogP contribution in [0.1, 0.15) is 32.6 Å². The molecule has 1 aliphatic carbocycles. The number of anilines is 2. The smallest absolute Gasteiger partial charge is 0.149 e. The molecule has 0 unspecified atom stereocenters. The van der Waals surface area contributed by atoms with Crippen molar-refractivity contribution in [1.29, 1.82) is 0 Å². The quantitative estimate of drug-likeness (QED) is 0.845. The summed E-state index contributed by atoms with van der Waals surface area (Å²) in [5.74, 6) is 1.84. The molecule has 2 rings (SSSR count). The van der Waals surface area contributed by atoms with Crippen molar-refractivity contribution in [1.82, 2.24) is 9.97 Å². The SMILES string of the molecule is CCN(c1cncc(NC)n1)C1CCCC1. The molecule has 0 radical (unpaired) electrons. The van der Waals surface area contributed by atoms with Gasteiger partial charge in [-0.2, -0.15) is 0 Å². The molecule has 1 saturated carbocycles. The van der Waals surface area contributed by atoms with E-state index in [9.17, 15) is 0 Å². The van der Waals surface area contributed by atoms with Gasteiger partial charge in [0.2, 0.25) is 0 Å². The second-order valence-corrected chi connectivity index (χ2v) is 4.24. The largest absolute Gasteiger partial charge is 0.372 e. The summed E-state index contributed by atoms with van der Waals surface area (Å²) in [6.07, 6.45) is 8.90. The van der Waals surface area contributed by atoms with Crippen LogP contribution in [0.3, 0.4) is 0 Å². The molecule has 4 heteroatoms. The molecule has 0 aromatic carbocycles. The predicted molar refractivity (Wildman–Crippen MR) is 66.9 cm³/mol. The highest BCUT2D eigenvalue weighted by Crippen LogP contribution is 2.26.